The molecule has 0 aliphatic carbocycles. The predicted octanol–water partition coefficient (Wildman–Crippen LogP) is -1.44. The maximum absolute atomic E-state index is 8.45. The van der Waals surface area contributed by atoms with Gasteiger partial charge < -0.3 is 0 Å². The SMILES string of the molecule is OCC(CO)C[N]=[Pb].[Pa].[Pb]. The molecule has 0 amide bonds. The third-order valence-electron chi connectivity index (χ3n) is 0.866. The molecule has 0 aliphatic rings. The van der Waals surface area contributed by atoms with Crippen LogP contribution in [0.1, 0.15) is 0 Å². The second-order valence-corrected chi connectivity index (χ2v) is 2.80. The Hall–Kier alpha value is 2.66. The molecule has 0 bridgehead atoms. The van der Waals surface area contributed by atoms with Crippen molar-refractivity contribution in [3.63, 3.8) is 0 Å². The summed E-state index contributed by atoms with van der Waals surface area (Å²) >= 11 is 0.799. The van der Waals surface area contributed by atoms with Crippen LogP contribution in [0.25, 0.3) is 0 Å². The van der Waals surface area contributed by atoms with Gasteiger partial charge in [-0.3, -0.25) is 0 Å². The minimum Gasteiger partial charge on any atom is 0 e. The molecule has 0 aromatic carbocycles. The molecule has 0 aromatic heterocycles. The quantitative estimate of drug-likeness (QED) is 0.347. The second kappa shape index (κ2) is 14.2. The summed E-state index contributed by atoms with van der Waals surface area (Å²) in [5.74, 6) is -0.0208. The van der Waals surface area contributed by atoms with Gasteiger partial charge in [0.2, 0.25) is 0 Å². The van der Waals surface area contributed by atoms with Crippen LogP contribution in [-0.4, -0.2) is 82.9 Å². The van der Waals surface area contributed by atoms with Gasteiger partial charge >= 0.3 is 64.2 Å². The Morgan fingerprint density at radius 3 is 1.80 bits per heavy atom. The fourth-order valence-corrected chi connectivity index (χ4v) is 1.31. The van der Waals surface area contributed by atoms with E-state index in [9.17, 15) is 0 Å². The Kier molecular flexibility index (Phi) is 26.2. The standard InChI is InChI=1S/C4H9NO2.Pa.2Pb/c5-1-4(2-6)3-7;;;/h4,6-7H,1-3H2;;;. The smallest absolute Gasteiger partial charge is 0 e. The van der Waals surface area contributed by atoms with E-state index >= 15 is 0 Å². The summed E-state index contributed by atoms with van der Waals surface area (Å²) in [5.41, 5.74) is 0. The number of rotatable bonds is 4. The van der Waals surface area contributed by atoms with E-state index in [1.54, 1.807) is 0 Å². The first-order valence-corrected chi connectivity index (χ1v) is 4.14. The molecule has 7 radical (unpaired) electrons. The third-order valence-corrected chi connectivity index (χ3v) is 1.58. The molecule has 0 spiro atoms. The summed E-state index contributed by atoms with van der Waals surface area (Å²) < 4.78 is 3.90. The monoisotopic (exact) mass is 750 g/mol. The molecule has 0 aliphatic heterocycles. The number of hydrogen-bond donors (Lipinski definition) is 2. The molecule has 0 atom stereocenters. The number of aliphatic hydroxyl groups excluding tert-OH is 2. The van der Waals surface area contributed by atoms with E-state index in [0.29, 0.717) is 6.54 Å². The van der Waals surface area contributed by atoms with Crippen LogP contribution in [0.2, 0.25) is 0 Å². The molecular formula is C4H9NO2PaPb2. The van der Waals surface area contributed by atoms with Crippen molar-refractivity contribution in [1.29, 1.82) is 0 Å². The van der Waals surface area contributed by atoms with Crippen LogP contribution in [-0.2, 0) is 0 Å². The third kappa shape index (κ3) is 10.7. The van der Waals surface area contributed by atoms with Gasteiger partial charge in [0, 0.05) is 59.6 Å². The van der Waals surface area contributed by atoms with Gasteiger partial charge in [0.05, 0.1) is 0 Å². The maximum atomic E-state index is 8.45. The van der Waals surface area contributed by atoms with Crippen molar-refractivity contribution >= 4 is 52.9 Å². The fraction of sp³-hybridized carbons (Fsp3) is 1.00. The van der Waals surface area contributed by atoms with Crippen molar-refractivity contribution in [1.82, 2.24) is 0 Å². The Balaban J connectivity index is -0.000000245. The molecule has 0 saturated heterocycles. The van der Waals surface area contributed by atoms with Gasteiger partial charge in [-0.2, -0.15) is 0 Å². The van der Waals surface area contributed by atoms with Crippen molar-refractivity contribution in [2.24, 2.45) is 8.65 Å². The Bertz CT molecular complexity index is 72.3. The molecule has 10 heavy (non-hydrogen) atoms. The first kappa shape index (κ1) is 18.4. The fourth-order valence-electron chi connectivity index (χ4n) is 0.302. The number of hydrogen-bond acceptors (Lipinski definition) is 3. The van der Waals surface area contributed by atoms with E-state index in [4.69, 9.17) is 10.2 Å². The topological polar surface area (TPSA) is 52.8 Å². The normalized spacial score (nSPS) is 7.90. The van der Waals surface area contributed by atoms with Crippen LogP contribution in [0.4, 0.5) is 0 Å². The van der Waals surface area contributed by atoms with Gasteiger partial charge in [0.25, 0.3) is 0 Å². The molecule has 0 rings (SSSR count). The number of nitrogens with zero attached hydrogens (tertiary/aromatic N) is 1. The summed E-state index contributed by atoms with van der Waals surface area (Å²) in [6, 6.07) is 0. The number of aliphatic hydroxyl groups is 2. The zero-order chi connectivity index (χ0) is 6.41. The van der Waals surface area contributed by atoms with Crippen LogP contribution in [0.5, 0.6) is 0 Å². The van der Waals surface area contributed by atoms with Gasteiger partial charge in [0.1, 0.15) is 0 Å². The minimum absolute atomic E-state index is 0. The van der Waals surface area contributed by atoms with E-state index in [2.05, 4.69) is 2.74 Å². The molecule has 0 saturated carbocycles. The zero-order valence-corrected chi connectivity index (χ0v) is 18.2. The Labute approximate surface area is 122 Å². The summed E-state index contributed by atoms with van der Waals surface area (Å²) in [5, 5.41) is 16.9. The summed E-state index contributed by atoms with van der Waals surface area (Å²) in [6.07, 6.45) is 0. The zero-order valence-electron chi connectivity index (χ0n) is 5.62. The second-order valence-electron chi connectivity index (χ2n) is 1.57. The van der Waals surface area contributed by atoms with Crippen LogP contribution in [0.15, 0.2) is 2.74 Å². The van der Waals surface area contributed by atoms with Crippen LogP contribution < -0.4 is 0 Å². The molecule has 0 unspecified atom stereocenters. The molecule has 0 aromatic rings. The average Bonchev–Trinajstić information content (AvgIpc) is 1.83. The molecule has 53 valence electrons. The van der Waals surface area contributed by atoms with E-state index in [-0.39, 0.29) is 78.7 Å². The van der Waals surface area contributed by atoms with E-state index < -0.39 is 0 Å². The predicted molar refractivity (Wildman–Crippen MR) is 36.5 cm³/mol. The Morgan fingerprint density at radius 1 is 1.30 bits per heavy atom. The van der Waals surface area contributed by atoms with Gasteiger partial charge in [-0.15, -0.1) is 0 Å². The molecule has 0 fully saturated rings. The van der Waals surface area contributed by atoms with Gasteiger partial charge in [-0.05, 0) is 0 Å². The van der Waals surface area contributed by atoms with Gasteiger partial charge in [0.15, 0.2) is 0 Å². The van der Waals surface area contributed by atoms with E-state index in [1.165, 1.54) is 0 Å². The van der Waals surface area contributed by atoms with Crippen molar-refractivity contribution < 1.29 is 42.5 Å². The maximum Gasteiger partial charge on any atom is 0 e. The van der Waals surface area contributed by atoms with Crippen LogP contribution >= 0.6 is 0 Å². The van der Waals surface area contributed by atoms with Crippen LogP contribution in [0, 0.1) is 38.2 Å². The average molecular weight is 749 g/mol. The van der Waals surface area contributed by atoms with E-state index in [0.717, 1.165) is 25.6 Å². The molecule has 6 heteroatoms. The largest absolute Gasteiger partial charge is 0 e. The Morgan fingerprint density at radius 2 is 1.70 bits per heavy atom. The first-order valence-electron chi connectivity index (χ1n) is 2.40. The van der Waals surface area contributed by atoms with Crippen molar-refractivity contribution in [3.8, 4) is 0 Å². The molecule has 0 heterocycles. The van der Waals surface area contributed by atoms with E-state index in [1.807, 2.05) is 0 Å². The summed E-state index contributed by atoms with van der Waals surface area (Å²) in [7, 11) is 0. The minimum atomic E-state index is -0.0208. The molecule has 2 N–H and O–H groups in total. The summed E-state index contributed by atoms with van der Waals surface area (Å²) in [4.78, 5) is 0. The molecular weight excluding hydrogens is 739 g/mol. The van der Waals surface area contributed by atoms with Crippen molar-refractivity contribution in [3.05, 3.63) is 0 Å². The molecule has 3 nitrogen and oxygen atoms in total. The van der Waals surface area contributed by atoms with Gasteiger partial charge in [-0.25, -0.2) is 0 Å². The van der Waals surface area contributed by atoms with Crippen molar-refractivity contribution in [2.45, 2.75) is 0 Å². The van der Waals surface area contributed by atoms with Crippen LogP contribution in [0.3, 0.4) is 0 Å². The van der Waals surface area contributed by atoms with Crippen molar-refractivity contribution in [2.75, 3.05) is 19.8 Å². The first-order chi connectivity index (χ1) is 3.85. The summed E-state index contributed by atoms with van der Waals surface area (Å²) in [6.45, 7) is 0.698. The van der Waals surface area contributed by atoms with Gasteiger partial charge in [-0.1, -0.05) is 0 Å².